The van der Waals surface area contributed by atoms with Gasteiger partial charge in [0, 0.05) is 12.1 Å². The lowest BCUT2D eigenvalue weighted by atomic mass is 9.86. The first kappa shape index (κ1) is 83.2. The van der Waals surface area contributed by atoms with Crippen LogP contribution in [0.5, 0.6) is 0 Å². The lowest BCUT2D eigenvalue weighted by molar-refractivity contribution is -0.137. The Kier molecular flexibility index (Phi) is 24.7. The van der Waals surface area contributed by atoms with Crippen molar-refractivity contribution in [1.29, 1.82) is 0 Å². The van der Waals surface area contributed by atoms with Crippen molar-refractivity contribution in [3.63, 3.8) is 0 Å². The van der Waals surface area contributed by atoms with Crippen LogP contribution in [0.1, 0.15) is 31.9 Å². The van der Waals surface area contributed by atoms with Crippen molar-refractivity contribution < 1.29 is 45.9 Å². The number of hydrogen-bond acceptors (Lipinski definition) is 0. The molecule has 16 aromatic carbocycles. The molecule has 0 N–H and O–H groups in total. The zero-order chi connectivity index (χ0) is 81.1. The lowest BCUT2D eigenvalue weighted by Crippen LogP contribution is -3.00. The van der Waals surface area contributed by atoms with E-state index in [1.807, 2.05) is 42.5 Å². The van der Waals surface area contributed by atoms with Crippen LogP contribution in [0, 0.1) is 11.6 Å². The summed E-state index contributed by atoms with van der Waals surface area (Å²) in [6, 6.07) is 114. The standard InChI is InChI=1S/C29H32N.C26H23F3N.2C25H23FN.HI/c1-29(2,3)25-15-10-22(11-16-25)27-9-7-8-24-20-23(14-19-28(24)27)21-12-17-26(18-13-21)30(4,5)6;1-30(2,3)23-8-4-6-19(17-23)20-12-15-25-21(16-20)7-5-9-24(25)18-10-13-22(14-11-18)26(27,28)29;1-27(2,3)23-8-4-6-19(17-23)20-12-15-25-21(16-20)7-5-9-24(25)18-10-13-22(26)14-11-18;1-27(2,3)23-14-9-18(10-15-23)20-11-16-25-21(17-20)5-4-6-24(25)19-7-12-22(26)13-8-19;/h7-20H,1-6H3;4-17H,1-3H3;2*4-17H,1-3H3;1H/q4*+1;/p-1. The van der Waals surface area contributed by atoms with E-state index >= 15 is 0 Å². The molecule has 0 aliphatic rings. The van der Waals surface area contributed by atoms with Gasteiger partial charge in [0.25, 0.3) is 0 Å². The molecule has 0 amide bonds. The maximum atomic E-state index is 13.3. The second kappa shape index (κ2) is 34.1. The summed E-state index contributed by atoms with van der Waals surface area (Å²) in [5, 5.41) is 9.37. The van der Waals surface area contributed by atoms with Gasteiger partial charge in [0.15, 0.2) is 0 Å². The summed E-state index contributed by atoms with van der Waals surface area (Å²) in [4.78, 5) is 0. The topological polar surface area (TPSA) is 0 Å². The van der Waals surface area contributed by atoms with E-state index in [9.17, 15) is 22.0 Å². The molecule has 10 heteroatoms. The number of hydrogen-bond donors (Lipinski definition) is 0. The number of benzene rings is 16. The first-order chi connectivity index (χ1) is 54.1. The SMILES string of the molecule is CC(C)(C)c1ccc(-c2cccc3cc(-c4ccc([N+](C)(C)C)cc4)ccc23)cc1.C[N+](C)(C)c1ccc(-c2ccc3c(-c4ccc(F)cc4)cccc3c2)cc1.C[N+](C)(C)c1cccc(-c2ccc3c(-c4ccc(C(F)(F)F)cc4)cccc3c2)c1.C[N+](C)(C)c1cccc(-c2ccc3c(-c4ccc(F)cc4)cccc3c2)c1.[I-]. The molecular formula is C105H101F5IN4+3. The van der Waals surface area contributed by atoms with Crippen LogP contribution in [-0.2, 0) is 11.6 Å². The highest BCUT2D eigenvalue weighted by Crippen LogP contribution is 2.40. The van der Waals surface area contributed by atoms with Crippen LogP contribution < -0.4 is 41.9 Å². The number of halogens is 6. The molecule has 0 aromatic heterocycles. The Morgan fingerprint density at radius 1 is 0.209 bits per heavy atom. The van der Waals surface area contributed by atoms with E-state index < -0.39 is 11.7 Å². The molecule has 4 nitrogen and oxygen atoms in total. The molecule has 0 fully saturated rings. The van der Waals surface area contributed by atoms with E-state index in [0.29, 0.717) is 0 Å². The third kappa shape index (κ3) is 19.9. The minimum atomic E-state index is -4.33. The Morgan fingerprint density at radius 3 is 0.696 bits per heavy atom. The molecule has 16 aromatic rings. The summed E-state index contributed by atoms with van der Waals surface area (Å²) in [6.07, 6.45) is -4.33. The third-order valence-corrected chi connectivity index (χ3v) is 21.3. The fourth-order valence-electron chi connectivity index (χ4n) is 14.5. The van der Waals surface area contributed by atoms with Gasteiger partial charge in [0.2, 0.25) is 0 Å². The summed E-state index contributed by atoms with van der Waals surface area (Å²) in [7, 11) is 26.0. The Hall–Kier alpha value is -11.2. The highest BCUT2D eigenvalue weighted by atomic mass is 127. The molecule has 0 radical (unpaired) electrons. The van der Waals surface area contributed by atoms with Gasteiger partial charge < -0.3 is 24.0 Å². The van der Waals surface area contributed by atoms with Gasteiger partial charge in [-0.3, -0.25) is 17.9 Å². The Bertz CT molecular complexity index is 6080. The predicted molar refractivity (Wildman–Crippen MR) is 481 cm³/mol. The summed E-state index contributed by atoms with van der Waals surface area (Å²) < 4.78 is 68.3. The summed E-state index contributed by atoms with van der Waals surface area (Å²) in [5.74, 6) is -0.419. The van der Waals surface area contributed by atoms with Gasteiger partial charge in [-0.25, -0.2) is 8.78 Å². The molecule has 0 atom stereocenters. The Balaban J connectivity index is 0.000000141. The van der Waals surface area contributed by atoms with Crippen LogP contribution in [-0.4, -0.2) is 84.6 Å². The van der Waals surface area contributed by atoms with E-state index in [4.69, 9.17) is 0 Å². The largest absolute Gasteiger partial charge is 1.00 e. The third-order valence-electron chi connectivity index (χ3n) is 21.3. The van der Waals surface area contributed by atoms with Gasteiger partial charge in [-0.05, 0) is 264 Å². The minimum Gasteiger partial charge on any atom is -1.00 e. The molecule has 0 spiro atoms. The van der Waals surface area contributed by atoms with E-state index in [2.05, 4.69) is 354 Å². The van der Waals surface area contributed by atoms with E-state index in [0.717, 1.165) is 85.3 Å². The summed E-state index contributed by atoms with van der Waals surface area (Å²) in [6.45, 7) is 6.78. The second-order valence-electron chi connectivity index (χ2n) is 34.1. The maximum absolute atomic E-state index is 13.3. The smallest absolute Gasteiger partial charge is 0.416 e. The van der Waals surface area contributed by atoms with Crippen molar-refractivity contribution in [1.82, 2.24) is 17.9 Å². The molecular weight excluding hydrogens is 1540 g/mol. The average Bonchev–Trinajstić information content (AvgIpc) is 0.782. The molecule has 0 saturated heterocycles. The fourth-order valence-corrected chi connectivity index (χ4v) is 14.5. The predicted octanol–water partition coefficient (Wildman–Crippen LogP) is 25.1. The van der Waals surface area contributed by atoms with Crippen LogP contribution in [0.4, 0.5) is 44.7 Å². The molecule has 0 unspecified atom stereocenters. The maximum Gasteiger partial charge on any atom is 0.416 e. The van der Waals surface area contributed by atoms with Crippen LogP contribution >= 0.6 is 0 Å². The average molecular weight is 1640 g/mol. The zero-order valence-corrected chi connectivity index (χ0v) is 70.5. The van der Waals surface area contributed by atoms with Crippen LogP contribution in [0.2, 0.25) is 0 Å². The van der Waals surface area contributed by atoms with E-state index in [-0.39, 0.29) is 41.0 Å². The van der Waals surface area contributed by atoms with Gasteiger partial charge in [0.05, 0.1) is 90.1 Å². The molecule has 115 heavy (non-hydrogen) atoms. The zero-order valence-electron chi connectivity index (χ0n) is 68.4. The monoisotopic (exact) mass is 1640 g/mol. The van der Waals surface area contributed by atoms with Crippen molar-refractivity contribution >= 4 is 65.8 Å². The molecule has 0 bridgehead atoms. The Labute approximate surface area is 693 Å². The number of rotatable bonds is 12. The first-order valence-corrected chi connectivity index (χ1v) is 38.7. The van der Waals surface area contributed by atoms with E-state index in [1.165, 1.54) is 142 Å². The first-order valence-electron chi connectivity index (χ1n) is 38.7. The number of nitrogens with zero attached hydrogens (tertiary/aromatic N) is 4. The molecule has 0 saturated carbocycles. The molecule has 0 aliphatic heterocycles. The van der Waals surface area contributed by atoms with Gasteiger partial charge in [-0.2, -0.15) is 13.2 Å². The normalized spacial score (nSPS) is 11.9. The van der Waals surface area contributed by atoms with Crippen molar-refractivity contribution in [3.8, 4) is 89.0 Å². The fraction of sp³-hybridized carbons (Fsp3) is 0.162. The van der Waals surface area contributed by atoms with Crippen molar-refractivity contribution in [2.45, 2.75) is 32.4 Å². The molecule has 0 heterocycles. The summed E-state index contributed by atoms with van der Waals surface area (Å²) >= 11 is 0. The Morgan fingerprint density at radius 2 is 0.435 bits per heavy atom. The van der Waals surface area contributed by atoms with Gasteiger partial charge in [-0.15, -0.1) is 0 Å². The molecule has 580 valence electrons. The van der Waals surface area contributed by atoms with Crippen LogP contribution in [0.25, 0.3) is 132 Å². The number of quaternary nitrogens is 4. The summed E-state index contributed by atoms with van der Waals surface area (Å²) in [5.41, 5.74) is 24.1. The lowest BCUT2D eigenvalue weighted by Gasteiger charge is -2.23. The van der Waals surface area contributed by atoms with Gasteiger partial charge >= 0.3 is 6.18 Å². The highest BCUT2D eigenvalue weighted by molar-refractivity contribution is 6.02. The number of alkyl halides is 3. The number of fused-ring (bicyclic) bond motifs is 4. The van der Waals surface area contributed by atoms with Crippen molar-refractivity contribution in [3.05, 3.63) is 362 Å². The highest BCUT2D eigenvalue weighted by Gasteiger charge is 2.30. The van der Waals surface area contributed by atoms with Crippen molar-refractivity contribution in [2.24, 2.45) is 0 Å². The van der Waals surface area contributed by atoms with Crippen LogP contribution in [0.3, 0.4) is 0 Å². The van der Waals surface area contributed by atoms with Gasteiger partial charge in [-0.1, -0.05) is 227 Å². The van der Waals surface area contributed by atoms with Crippen molar-refractivity contribution in [2.75, 3.05) is 84.6 Å². The second-order valence-corrected chi connectivity index (χ2v) is 34.1. The molecule has 16 rings (SSSR count). The molecule has 0 aliphatic carbocycles. The quantitative estimate of drug-likeness (QED) is 0.0650. The van der Waals surface area contributed by atoms with E-state index in [1.54, 1.807) is 0 Å². The van der Waals surface area contributed by atoms with Crippen LogP contribution in [0.15, 0.2) is 340 Å². The van der Waals surface area contributed by atoms with Gasteiger partial charge in [0.1, 0.15) is 34.4 Å². The minimum absolute atomic E-state index is 0.